The molecule has 0 radical (unpaired) electrons. The van der Waals surface area contributed by atoms with E-state index in [1.165, 1.54) is 5.56 Å². The number of nitrogens with two attached hydrogens (primary N) is 1. The predicted octanol–water partition coefficient (Wildman–Crippen LogP) is 3.77. The van der Waals surface area contributed by atoms with E-state index in [9.17, 15) is 4.79 Å². The van der Waals surface area contributed by atoms with Crippen molar-refractivity contribution in [2.75, 3.05) is 0 Å². The van der Waals surface area contributed by atoms with E-state index in [1.807, 2.05) is 44.2 Å². The second-order valence-electron chi connectivity index (χ2n) is 5.67. The first-order valence-electron chi connectivity index (χ1n) is 7.35. The number of Topliss-reactive ketones (excluding diaryl/α,β-unsaturated/α-hetero) is 1. The molecule has 0 unspecified atom stereocenters. The minimum Gasteiger partial charge on any atom is -0.323 e. The number of nitrogens with zero attached hydrogens (tertiary/aromatic N) is 1. The monoisotopic (exact) mass is 294 g/mol. The van der Waals surface area contributed by atoms with Crippen LogP contribution in [0.1, 0.15) is 43.7 Å². The first kappa shape index (κ1) is 16.0. The highest BCUT2D eigenvalue weighted by Gasteiger charge is 2.23. The van der Waals surface area contributed by atoms with Crippen LogP contribution in [-0.4, -0.2) is 11.5 Å². The Bertz CT molecular complexity index is 730. The molecule has 0 aliphatic rings. The number of hydrogen-bond donors (Lipinski definition) is 1. The number of hydrazone groups is 1. The van der Waals surface area contributed by atoms with E-state index in [1.54, 1.807) is 0 Å². The van der Waals surface area contributed by atoms with Crippen molar-refractivity contribution in [3.8, 4) is 0 Å². The van der Waals surface area contributed by atoms with Crippen LogP contribution in [0.2, 0.25) is 0 Å². The molecule has 3 heteroatoms. The average Bonchev–Trinajstić information content (AvgIpc) is 2.53. The summed E-state index contributed by atoms with van der Waals surface area (Å²) in [6, 6.07) is 9.35. The largest absolute Gasteiger partial charge is 0.323 e. The summed E-state index contributed by atoms with van der Waals surface area (Å²) in [6.07, 6.45) is 0. The summed E-state index contributed by atoms with van der Waals surface area (Å²) < 4.78 is 0. The van der Waals surface area contributed by atoms with Crippen molar-refractivity contribution >= 4 is 11.5 Å². The van der Waals surface area contributed by atoms with Crippen LogP contribution >= 0.6 is 0 Å². The SMILES string of the molecule is Cc1c(C)c(C)c(C(=O)C(=NN)c2ccccc2)c(C)c1C. The van der Waals surface area contributed by atoms with Gasteiger partial charge in [-0.3, -0.25) is 4.79 Å². The second kappa shape index (κ2) is 6.14. The van der Waals surface area contributed by atoms with Gasteiger partial charge in [0.25, 0.3) is 0 Å². The Kier molecular flexibility index (Phi) is 4.45. The molecule has 0 aliphatic carbocycles. The topological polar surface area (TPSA) is 55.5 Å². The van der Waals surface area contributed by atoms with Crippen molar-refractivity contribution in [3.05, 3.63) is 69.3 Å². The smallest absolute Gasteiger partial charge is 0.214 e. The molecule has 22 heavy (non-hydrogen) atoms. The fourth-order valence-electron chi connectivity index (χ4n) is 2.82. The van der Waals surface area contributed by atoms with Crippen molar-refractivity contribution in [1.29, 1.82) is 0 Å². The second-order valence-corrected chi connectivity index (χ2v) is 5.67. The lowest BCUT2D eigenvalue weighted by atomic mass is 9.86. The van der Waals surface area contributed by atoms with E-state index in [-0.39, 0.29) is 5.78 Å². The molecule has 0 amide bonds. The lowest BCUT2D eigenvalue weighted by Gasteiger charge is -2.18. The fourth-order valence-corrected chi connectivity index (χ4v) is 2.82. The minimum absolute atomic E-state index is 0.116. The Morgan fingerprint density at radius 3 is 1.73 bits per heavy atom. The van der Waals surface area contributed by atoms with Gasteiger partial charge in [0.2, 0.25) is 5.78 Å². The molecule has 0 heterocycles. The third-order valence-electron chi connectivity index (χ3n) is 4.62. The highest BCUT2D eigenvalue weighted by atomic mass is 16.1. The van der Waals surface area contributed by atoms with Gasteiger partial charge in [-0.25, -0.2) is 0 Å². The van der Waals surface area contributed by atoms with Crippen molar-refractivity contribution in [2.45, 2.75) is 34.6 Å². The van der Waals surface area contributed by atoms with Crippen LogP contribution in [0.3, 0.4) is 0 Å². The summed E-state index contributed by atoms with van der Waals surface area (Å²) in [5, 5.41) is 3.77. The van der Waals surface area contributed by atoms with E-state index in [4.69, 9.17) is 5.84 Å². The summed E-state index contributed by atoms with van der Waals surface area (Å²) in [4.78, 5) is 13.0. The van der Waals surface area contributed by atoms with Crippen LogP contribution in [0.4, 0.5) is 0 Å². The molecule has 0 aliphatic heterocycles. The number of carbonyl (C=O) groups is 1. The maximum atomic E-state index is 13.0. The average molecular weight is 294 g/mol. The third kappa shape index (κ3) is 2.54. The fraction of sp³-hybridized carbons (Fsp3) is 0.263. The van der Waals surface area contributed by atoms with Crippen LogP contribution in [-0.2, 0) is 0 Å². The summed E-state index contributed by atoms with van der Waals surface area (Å²) in [7, 11) is 0. The Hall–Kier alpha value is -2.42. The Balaban J connectivity index is 2.64. The summed E-state index contributed by atoms with van der Waals surface area (Å²) in [5.41, 5.74) is 7.29. The maximum Gasteiger partial charge on any atom is 0.214 e. The summed E-state index contributed by atoms with van der Waals surface area (Å²) >= 11 is 0. The number of carbonyl (C=O) groups excluding carboxylic acids is 1. The van der Waals surface area contributed by atoms with Crippen LogP contribution in [0.15, 0.2) is 35.4 Å². The Morgan fingerprint density at radius 2 is 1.27 bits per heavy atom. The van der Waals surface area contributed by atoms with Gasteiger partial charge in [0, 0.05) is 11.1 Å². The molecule has 0 bridgehead atoms. The molecule has 114 valence electrons. The minimum atomic E-state index is -0.116. The Labute approximate surface area is 131 Å². The van der Waals surface area contributed by atoms with Crippen LogP contribution in [0.25, 0.3) is 0 Å². The highest BCUT2D eigenvalue weighted by Crippen LogP contribution is 2.27. The molecule has 2 rings (SSSR count). The standard InChI is InChI=1S/C19H22N2O/c1-11-12(2)14(4)17(15(5)13(11)3)19(22)18(21-20)16-9-7-6-8-10-16/h6-10H,20H2,1-5H3. The molecule has 0 atom stereocenters. The first-order chi connectivity index (χ1) is 10.4. The van der Waals surface area contributed by atoms with Crippen molar-refractivity contribution < 1.29 is 4.79 Å². The van der Waals surface area contributed by atoms with E-state index < -0.39 is 0 Å². The maximum absolute atomic E-state index is 13.0. The van der Waals surface area contributed by atoms with Crippen molar-refractivity contribution in [2.24, 2.45) is 10.9 Å². The number of rotatable bonds is 3. The van der Waals surface area contributed by atoms with Gasteiger partial charge in [0.05, 0.1) is 0 Å². The lowest BCUT2D eigenvalue weighted by Crippen LogP contribution is -2.21. The molecular weight excluding hydrogens is 272 g/mol. The Morgan fingerprint density at radius 1 is 0.818 bits per heavy atom. The van der Waals surface area contributed by atoms with Crippen molar-refractivity contribution in [3.63, 3.8) is 0 Å². The molecule has 0 aromatic heterocycles. The van der Waals surface area contributed by atoms with Crippen LogP contribution < -0.4 is 5.84 Å². The predicted molar refractivity (Wildman–Crippen MR) is 91.6 cm³/mol. The zero-order valence-corrected chi connectivity index (χ0v) is 13.8. The summed E-state index contributed by atoms with van der Waals surface area (Å²) in [6.45, 7) is 10.2. The molecular formula is C19H22N2O. The molecule has 0 spiro atoms. The van der Waals surface area contributed by atoms with Crippen molar-refractivity contribution in [1.82, 2.24) is 0 Å². The zero-order valence-electron chi connectivity index (χ0n) is 13.8. The zero-order chi connectivity index (χ0) is 16.4. The summed E-state index contributed by atoms with van der Waals surface area (Å²) in [5.74, 6) is 5.40. The van der Waals surface area contributed by atoms with Gasteiger partial charge in [-0.1, -0.05) is 30.3 Å². The van der Waals surface area contributed by atoms with Gasteiger partial charge in [-0.2, -0.15) is 5.10 Å². The van der Waals surface area contributed by atoms with E-state index in [0.717, 1.165) is 27.8 Å². The van der Waals surface area contributed by atoms with Gasteiger partial charge in [-0.05, 0) is 62.4 Å². The number of hydrogen-bond acceptors (Lipinski definition) is 3. The van der Waals surface area contributed by atoms with Gasteiger partial charge in [0.1, 0.15) is 5.71 Å². The highest BCUT2D eigenvalue weighted by molar-refractivity contribution is 6.51. The third-order valence-corrected chi connectivity index (χ3v) is 4.62. The number of benzene rings is 2. The van der Waals surface area contributed by atoms with Crippen LogP contribution in [0.5, 0.6) is 0 Å². The molecule has 2 aromatic carbocycles. The molecule has 0 saturated carbocycles. The van der Waals surface area contributed by atoms with Crippen LogP contribution in [0, 0.1) is 34.6 Å². The molecule has 0 saturated heterocycles. The van der Waals surface area contributed by atoms with Gasteiger partial charge >= 0.3 is 0 Å². The normalized spacial score (nSPS) is 11.6. The van der Waals surface area contributed by atoms with Gasteiger partial charge in [-0.15, -0.1) is 0 Å². The van der Waals surface area contributed by atoms with Gasteiger partial charge in [0.15, 0.2) is 0 Å². The molecule has 3 nitrogen and oxygen atoms in total. The number of ketones is 1. The molecule has 2 aromatic rings. The lowest BCUT2D eigenvalue weighted by molar-refractivity contribution is 0.106. The van der Waals surface area contributed by atoms with E-state index >= 15 is 0 Å². The first-order valence-corrected chi connectivity index (χ1v) is 7.35. The van der Waals surface area contributed by atoms with Gasteiger partial charge < -0.3 is 5.84 Å². The molecule has 2 N–H and O–H groups in total. The van der Waals surface area contributed by atoms with E-state index in [0.29, 0.717) is 11.3 Å². The quantitative estimate of drug-likeness (QED) is 0.405. The van der Waals surface area contributed by atoms with E-state index in [2.05, 4.69) is 25.9 Å². The molecule has 0 fully saturated rings.